The average Bonchev–Trinajstić information content (AvgIpc) is 1.59. The molecule has 0 fully saturated rings. The molecule has 0 unspecified atom stereocenters. The molecule has 0 aliphatic heterocycles. The molecule has 0 aromatic carbocycles. The van der Waals surface area contributed by atoms with Crippen LogP contribution in [0.2, 0.25) is 0 Å². The Morgan fingerprint density at radius 3 is 2.00 bits per heavy atom. The summed E-state index contributed by atoms with van der Waals surface area (Å²) in [7, 11) is 0. The number of rotatable bonds is 0. The zero-order valence-corrected chi connectivity index (χ0v) is 6.44. The Morgan fingerprint density at radius 1 is 1.22 bits per heavy atom. The molecule has 1 aromatic heterocycles. The Balaban J connectivity index is 3.17. The maximum absolute atomic E-state index is 4.19. The minimum absolute atomic E-state index is 0.986. The molecule has 0 atom stereocenters. The molecule has 0 aliphatic rings. The van der Waals surface area contributed by atoms with Crippen LogP contribution in [0, 0.1) is 13.8 Å². The summed E-state index contributed by atoms with van der Waals surface area (Å²) in [6, 6.07) is 3.88. The van der Waals surface area contributed by atoms with Crippen molar-refractivity contribution in [3.8, 4) is 0 Å². The van der Waals surface area contributed by atoms with Gasteiger partial charge in [-0.15, -0.1) is 12.6 Å². The highest BCUT2D eigenvalue weighted by atomic mass is 32.1. The summed E-state index contributed by atoms with van der Waals surface area (Å²) < 4.78 is 0. The molecule has 1 heterocycles. The lowest BCUT2D eigenvalue weighted by Gasteiger charge is -1.95. The molecule has 1 nitrogen and oxygen atoms in total. The van der Waals surface area contributed by atoms with Crippen molar-refractivity contribution in [2.45, 2.75) is 18.7 Å². The first-order valence-corrected chi connectivity index (χ1v) is 3.27. The van der Waals surface area contributed by atoms with Gasteiger partial charge in [-0.1, -0.05) is 0 Å². The van der Waals surface area contributed by atoms with Crippen molar-refractivity contribution in [2.75, 3.05) is 0 Å². The molecule has 9 heavy (non-hydrogen) atoms. The monoisotopic (exact) mass is 139 g/mol. The zero-order valence-electron chi connectivity index (χ0n) is 5.55. The molecule has 0 saturated heterocycles. The van der Waals surface area contributed by atoms with E-state index in [0.717, 1.165) is 16.3 Å². The van der Waals surface area contributed by atoms with Crippen LogP contribution in [0.15, 0.2) is 17.0 Å². The SMILES string of the molecule is Cc1cc(S)cc(C)n1. The first-order chi connectivity index (χ1) is 4.18. The lowest BCUT2D eigenvalue weighted by atomic mass is 10.3. The molecular formula is C7H9NS. The molecule has 1 aromatic rings. The number of hydrogen-bond donors (Lipinski definition) is 1. The van der Waals surface area contributed by atoms with Crippen molar-refractivity contribution in [3.63, 3.8) is 0 Å². The quantitative estimate of drug-likeness (QED) is 0.542. The lowest BCUT2D eigenvalue weighted by molar-refractivity contribution is 1.09. The van der Waals surface area contributed by atoms with E-state index in [1.54, 1.807) is 0 Å². The fourth-order valence-electron chi connectivity index (χ4n) is 0.812. The molecule has 0 radical (unpaired) electrons. The number of aromatic nitrogens is 1. The number of nitrogens with zero attached hydrogens (tertiary/aromatic N) is 1. The van der Waals surface area contributed by atoms with Gasteiger partial charge < -0.3 is 0 Å². The van der Waals surface area contributed by atoms with Crippen molar-refractivity contribution < 1.29 is 0 Å². The largest absolute Gasteiger partial charge is 0.258 e. The van der Waals surface area contributed by atoms with E-state index in [0.29, 0.717) is 0 Å². The van der Waals surface area contributed by atoms with E-state index in [4.69, 9.17) is 0 Å². The van der Waals surface area contributed by atoms with Gasteiger partial charge in [0.1, 0.15) is 0 Å². The molecule has 2 heteroatoms. The lowest BCUT2D eigenvalue weighted by Crippen LogP contribution is -1.83. The van der Waals surface area contributed by atoms with Crippen LogP contribution in [0.1, 0.15) is 11.4 Å². The summed E-state index contributed by atoms with van der Waals surface area (Å²) in [5, 5.41) is 0. The number of thiol groups is 1. The highest BCUT2D eigenvalue weighted by Gasteiger charge is 1.89. The molecule has 0 N–H and O–H groups in total. The highest BCUT2D eigenvalue weighted by Crippen LogP contribution is 2.07. The van der Waals surface area contributed by atoms with E-state index in [1.807, 2.05) is 26.0 Å². The fourth-order valence-corrected chi connectivity index (χ4v) is 1.19. The first kappa shape index (κ1) is 6.62. The van der Waals surface area contributed by atoms with Crippen molar-refractivity contribution >= 4 is 12.6 Å². The highest BCUT2D eigenvalue weighted by molar-refractivity contribution is 7.80. The third-order valence-electron chi connectivity index (χ3n) is 1.07. The van der Waals surface area contributed by atoms with Gasteiger partial charge in [0, 0.05) is 16.3 Å². The van der Waals surface area contributed by atoms with E-state index >= 15 is 0 Å². The van der Waals surface area contributed by atoms with E-state index in [2.05, 4.69) is 17.6 Å². The van der Waals surface area contributed by atoms with Crippen molar-refractivity contribution in [1.82, 2.24) is 4.98 Å². The Labute approximate surface area is 60.5 Å². The van der Waals surface area contributed by atoms with E-state index in [-0.39, 0.29) is 0 Å². The van der Waals surface area contributed by atoms with Gasteiger partial charge in [-0.25, -0.2) is 0 Å². The number of pyridine rings is 1. The summed E-state index contributed by atoms with van der Waals surface area (Å²) in [4.78, 5) is 5.17. The molecule has 0 bridgehead atoms. The van der Waals surface area contributed by atoms with Crippen LogP contribution < -0.4 is 0 Å². The molecule has 0 saturated carbocycles. The topological polar surface area (TPSA) is 12.9 Å². The Hall–Kier alpha value is -0.500. The first-order valence-electron chi connectivity index (χ1n) is 2.83. The van der Waals surface area contributed by atoms with Crippen LogP contribution in [0.4, 0.5) is 0 Å². The van der Waals surface area contributed by atoms with E-state index in [9.17, 15) is 0 Å². The third kappa shape index (κ3) is 1.72. The Bertz CT molecular complexity index is 170. The van der Waals surface area contributed by atoms with Gasteiger partial charge >= 0.3 is 0 Å². The summed E-state index contributed by atoms with van der Waals surface area (Å²) in [6.45, 7) is 3.93. The minimum Gasteiger partial charge on any atom is -0.258 e. The molecular weight excluding hydrogens is 130 g/mol. The number of hydrogen-bond acceptors (Lipinski definition) is 2. The Morgan fingerprint density at radius 2 is 1.67 bits per heavy atom. The predicted octanol–water partition coefficient (Wildman–Crippen LogP) is 1.99. The van der Waals surface area contributed by atoms with E-state index in [1.165, 1.54) is 0 Å². The number of aryl methyl sites for hydroxylation is 2. The third-order valence-corrected chi connectivity index (χ3v) is 1.32. The normalized spacial score (nSPS) is 9.67. The van der Waals surface area contributed by atoms with Crippen LogP contribution in [0.25, 0.3) is 0 Å². The fraction of sp³-hybridized carbons (Fsp3) is 0.286. The maximum Gasteiger partial charge on any atom is 0.0386 e. The van der Waals surface area contributed by atoms with Gasteiger partial charge in [-0.05, 0) is 26.0 Å². The predicted molar refractivity (Wildman–Crippen MR) is 41.0 cm³/mol. The van der Waals surface area contributed by atoms with Gasteiger partial charge in [0.15, 0.2) is 0 Å². The van der Waals surface area contributed by atoms with Crippen molar-refractivity contribution in [3.05, 3.63) is 23.5 Å². The molecule has 0 aliphatic carbocycles. The van der Waals surface area contributed by atoms with Crippen molar-refractivity contribution in [2.24, 2.45) is 0 Å². The van der Waals surface area contributed by atoms with Gasteiger partial charge in [-0.2, -0.15) is 0 Å². The van der Waals surface area contributed by atoms with Crippen LogP contribution in [0.3, 0.4) is 0 Å². The van der Waals surface area contributed by atoms with Crippen LogP contribution >= 0.6 is 12.6 Å². The molecule has 0 spiro atoms. The molecule has 0 amide bonds. The van der Waals surface area contributed by atoms with Crippen LogP contribution in [0.5, 0.6) is 0 Å². The van der Waals surface area contributed by atoms with Gasteiger partial charge in [0.25, 0.3) is 0 Å². The minimum atomic E-state index is 0.986. The van der Waals surface area contributed by atoms with Gasteiger partial charge in [0.2, 0.25) is 0 Å². The second-order valence-electron chi connectivity index (χ2n) is 2.11. The smallest absolute Gasteiger partial charge is 0.0386 e. The second kappa shape index (κ2) is 2.40. The maximum atomic E-state index is 4.19. The van der Waals surface area contributed by atoms with Gasteiger partial charge in [0.05, 0.1) is 0 Å². The molecule has 1 rings (SSSR count). The van der Waals surface area contributed by atoms with Crippen LogP contribution in [-0.2, 0) is 0 Å². The molecule has 48 valence electrons. The zero-order chi connectivity index (χ0) is 6.85. The van der Waals surface area contributed by atoms with E-state index < -0.39 is 0 Å². The standard InChI is InChI=1S/C7H9NS/c1-5-3-7(9)4-6(2)8-5/h3-4H,1-2H3,(H,8,9). The van der Waals surface area contributed by atoms with Crippen molar-refractivity contribution in [1.29, 1.82) is 0 Å². The van der Waals surface area contributed by atoms with Gasteiger partial charge in [-0.3, -0.25) is 4.98 Å². The second-order valence-corrected chi connectivity index (χ2v) is 2.62. The summed E-state index contributed by atoms with van der Waals surface area (Å²) in [5.41, 5.74) is 2.06. The summed E-state index contributed by atoms with van der Waals surface area (Å²) in [6.07, 6.45) is 0. The average molecular weight is 139 g/mol. The summed E-state index contributed by atoms with van der Waals surface area (Å²) >= 11 is 4.18. The summed E-state index contributed by atoms with van der Waals surface area (Å²) in [5.74, 6) is 0. The Kier molecular flexibility index (Phi) is 1.76. The van der Waals surface area contributed by atoms with Crippen LogP contribution in [-0.4, -0.2) is 4.98 Å².